The lowest BCUT2D eigenvalue weighted by Crippen LogP contribution is -2.27. The first kappa shape index (κ1) is 22.5. The number of hydrogen-bond acceptors (Lipinski definition) is 8. The Bertz CT molecular complexity index is 1500. The summed E-state index contributed by atoms with van der Waals surface area (Å²) in [6.07, 6.45) is 1.68. The fourth-order valence-corrected chi connectivity index (χ4v) is 8.20. The van der Waals surface area contributed by atoms with Crippen molar-refractivity contribution in [3.63, 3.8) is 0 Å². The highest BCUT2D eigenvalue weighted by Crippen LogP contribution is 2.35. The zero-order chi connectivity index (χ0) is 23.1. The number of nitrogens with one attached hydrogen (secondary N) is 1. The number of carboxylic acid groups (broad SMARTS) is 1. The molecule has 0 radical (unpaired) electrons. The monoisotopic (exact) mass is 511 g/mol. The molecular weight excluding hydrogens is 494 g/mol. The number of aromatic amines is 1. The van der Waals surface area contributed by atoms with Crippen molar-refractivity contribution < 1.29 is 26.7 Å². The van der Waals surface area contributed by atoms with E-state index in [2.05, 4.69) is 9.97 Å². The van der Waals surface area contributed by atoms with Crippen molar-refractivity contribution >= 4 is 65.1 Å². The Morgan fingerprint density at radius 1 is 1.16 bits per heavy atom. The molecule has 32 heavy (non-hydrogen) atoms. The molecule has 0 aliphatic carbocycles. The molecule has 168 valence electrons. The fourth-order valence-electron chi connectivity index (χ4n) is 3.25. The van der Waals surface area contributed by atoms with Crippen LogP contribution in [0.15, 0.2) is 52.2 Å². The van der Waals surface area contributed by atoms with Gasteiger partial charge < -0.3 is 10.1 Å². The summed E-state index contributed by atoms with van der Waals surface area (Å²) >= 11 is 2.41. The molecule has 0 atom stereocenters. The topological polar surface area (TPSA) is 137 Å². The summed E-state index contributed by atoms with van der Waals surface area (Å²) in [6, 6.07) is 8.44. The smallest absolute Gasteiger partial charge is 0.318 e. The zero-order valence-corrected chi connectivity index (χ0v) is 19.8. The molecule has 0 fully saturated rings. The Morgan fingerprint density at radius 3 is 2.62 bits per heavy atom. The second-order valence-electron chi connectivity index (χ2n) is 6.87. The van der Waals surface area contributed by atoms with Crippen molar-refractivity contribution in [3.8, 4) is 10.7 Å². The summed E-state index contributed by atoms with van der Waals surface area (Å²) in [6.45, 7) is 0. The molecule has 0 bridgehead atoms. The molecule has 0 saturated heterocycles. The third-order valence-electron chi connectivity index (χ3n) is 4.67. The number of para-hydroxylation sites is 1. The Balaban J connectivity index is 1.73. The molecule has 0 amide bonds. The van der Waals surface area contributed by atoms with Crippen LogP contribution in [0.5, 0.6) is 0 Å². The lowest BCUT2D eigenvalue weighted by atomic mass is 10.2. The van der Waals surface area contributed by atoms with Gasteiger partial charge >= 0.3 is 5.97 Å². The van der Waals surface area contributed by atoms with Gasteiger partial charge in [-0.05, 0) is 23.6 Å². The van der Waals surface area contributed by atoms with Gasteiger partial charge in [0.1, 0.15) is 15.7 Å². The van der Waals surface area contributed by atoms with E-state index in [9.17, 15) is 21.6 Å². The van der Waals surface area contributed by atoms with E-state index < -0.39 is 37.3 Å². The molecule has 9 nitrogen and oxygen atoms in total. The maximum Gasteiger partial charge on any atom is 0.318 e. The molecule has 3 heterocycles. The Labute approximate surface area is 191 Å². The lowest BCUT2D eigenvalue weighted by molar-refractivity contribution is -0.134. The van der Waals surface area contributed by atoms with E-state index in [-0.39, 0.29) is 9.77 Å². The summed E-state index contributed by atoms with van der Waals surface area (Å²) in [4.78, 5) is 18.2. The number of H-pyrrole nitrogens is 1. The number of fused-ring (bicyclic) bond motifs is 1. The molecule has 13 heteroatoms. The number of aliphatic carboxylic acids is 1. The number of sulfonamides is 1. The van der Waals surface area contributed by atoms with Crippen molar-refractivity contribution in [2.75, 3.05) is 17.1 Å². The van der Waals surface area contributed by atoms with E-state index >= 15 is 0 Å². The minimum Gasteiger partial charge on any atom is -0.480 e. The average Bonchev–Trinajstić information content (AvgIpc) is 3.45. The van der Waals surface area contributed by atoms with Gasteiger partial charge in [-0.1, -0.05) is 12.1 Å². The van der Waals surface area contributed by atoms with Crippen LogP contribution in [-0.4, -0.2) is 50.7 Å². The van der Waals surface area contributed by atoms with E-state index in [1.807, 2.05) is 17.5 Å². The first-order chi connectivity index (χ1) is 15.1. The van der Waals surface area contributed by atoms with E-state index in [0.29, 0.717) is 11.2 Å². The third-order valence-corrected chi connectivity index (χ3v) is 9.98. The zero-order valence-electron chi connectivity index (χ0n) is 16.5. The minimum atomic E-state index is -4.12. The predicted octanol–water partition coefficient (Wildman–Crippen LogP) is 3.18. The molecule has 2 N–H and O–H groups in total. The quantitative estimate of drug-likeness (QED) is 0.371. The molecule has 4 rings (SSSR count). The average molecular weight is 512 g/mol. The van der Waals surface area contributed by atoms with Crippen molar-refractivity contribution in [2.45, 2.75) is 10.6 Å². The van der Waals surface area contributed by atoms with Crippen molar-refractivity contribution in [2.24, 2.45) is 0 Å². The summed E-state index contributed by atoms with van der Waals surface area (Å²) in [7, 11) is -6.74. The van der Waals surface area contributed by atoms with E-state index in [1.54, 1.807) is 18.3 Å². The third kappa shape index (κ3) is 4.28. The highest BCUT2D eigenvalue weighted by atomic mass is 32.2. The summed E-state index contributed by atoms with van der Waals surface area (Å²) in [5.74, 6) is -3.22. The van der Waals surface area contributed by atoms with Crippen LogP contribution in [0, 0.1) is 0 Å². The number of hydrogen-bond donors (Lipinski definition) is 2. The Hall–Kier alpha value is -2.74. The van der Waals surface area contributed by atoms with Gasteiger partial charge in [-0.25, -0.2) is 21.8 Å². The number of carbonyl (C=O) groups is 1. The molecule has 1 aromatic carbocycles. The number of thiophene rings is 1. The number of thiazole rings is 1. The lowest BCUT2D eigenvalue weighted by Gasteiger charge is -2.20. The van der Waals surface area contributed by atoms with Crippen molar-refractivity contribution in [3.05, 3.63) is 52.2 Å². The van der Waals surface area contributed by atoms with Crippen LogP contribution in [0.3, 0.4) is 0 Å². The van der Waals surface area contributed by atoms with Gasteiger partial charge in [0, 0.05) is 28.9 Å². The summed E-state index contributed by atoms with van der Waals surface area (Å²) in [5, 5.41) is 13.7. The van der Waals surface area contributed by atoms with Gasteiger partial charge in [0.15, 0.2) is 9.84 Å². The molecular formula is C19H17N3O6S4. The number of benzene rings is 1. The molecule has 0 saturated carbocycles. The molecule has 0 aliphatic heterocycles. The van der Waals surface area contributed by atoms with Gasteiger partial charge in [-0.2, -0.15) is 0 Å². The van der Waals surface area contributed by atoms with Crippen LogP contribution in [-0.2, 0) is 30.4 Å². The largest absolute Gasteiger partial charge is 0.480 e. The van der Waals surface area contributed by atoms with Gasteiger partial charge in [0.25, 0.3) is 10.0 Å². The molecule has 0 spiro atoms. The van der Waals surface area contributed by atoms with Gasteiger partial charge in [0.05, 0.1) is 22.7 Å². The van der Waals surface area contributed by atoms with Gasteiger partial charge in [-0.3, -0.25) is 9.10 Å². The van der Waals surface area contributed by atoms with Crippen molar-refractivity contribution in [1.82, 2.24) is 9.97 Å². The standard InChI is InChI=1S/C19H17N3O6S4/c1-22(14-4-2-3-12-9-13(21-18(12)14)19-20-6-8-30-19)32(27,28)16-5-7-29-15(16)10-31(25,26)11-17(23)24/h2-9,21H,10-11H2,1H3,(H,23,24). The van der Waals surface area contributed by atoms with E-state index in [4.69, 9.17) is 5.11 Å². The number of rotatable bonds is 8. The van der Waals surface area contributed by atoms with Crippen LogP contribution in [0.25, 0.3) is 21.6 Å². The van der Waals surface area contributed by atoms with Crippen LogP contribution >= 0.6 is 22.7 Å². The second kappa shape index (κ2) is 8.31. The number of nitrogens with zero attached hydrogens (tertiary/aromatic N) is 2. The maximum absolute atomic E-state index is 13.4. The van der Waals surface area contributed by atoms with Crippen LogP contribution in [0.4, 0.5) is 5.69 Å². The minimum absolute atomic E-state index is 0.0697. The molecule has 0 aliphatic rings. The number of sulfone groups is 1. The first-order valence-electron chi connectivity index (χ1n) is 9.07. The fraction of sp³-hybridized carbons (Fsp3) is 0.158. The van der Waals surface area contributed by atoms with Crippen molar-refractivity contribution in [1.29, 1.82) is 0 Å². The van der Waals surface area contributed by atoms with Crippen LogP contribution in [0.2, 0.25) is 0 Å². The number of carboxylic acids is 1. The predicted molar refractivity (Wildman–Crippen MR) is 124 cm³/mol. The number of anilines is 1. The highest BCUT2D eigenvalue weighted by molar-refractivity contribution is 7.93. The second-order valence-corrected chi connectivity index (χ2v) is 12.8. The van der Waals surface area contributed by atoms with Gasteiger partial charge in [-0.15, -0.1) is 22.7 Å². The normalized spacial score (nSPS) is 12.3. The highest BCUT2D eigenvalue weighted by Gasteiger charge is 2.29. The van der Waals surface area contributed by atoms with Gasteiger partial charge in [0.2, 0.25) is 0 Å². The van der Waals surface area contributed by atoms with E-state index in [1.165, 1.54) is 29.8 Å². The first-order valence-corrected chi connectivity index (χ1v) is 14.1. The Kier molecular flexibility index (Phi) is 5.83. The maximum atomic E-state index is 13.4. The molecule has 0 unspecified atom stereocenters. The van der Waals surface area contributed by atoms with E-state index in [0.717, 1.165) is 31.7 Å². The molecule has 4 aromatic rings. The summed E-state index contributed by atoms with van der Waals surface area (Å²) < 4.78 is 52.1. The van der Waals surface area contributed by atoms with Crippen LogP contribution < -0.4 is 4.31 Å². The van der Waals surface area contributed by atoms with Crippen LogP contribution in [0.1, 0.15) is 4.88 Å². The number of aromatic nitrogens is 2. The summed E-state index contributed by atoms with van der Waals surface area (Å²) in [5.41, 5.74) is 1.74. The SMILES string of the molecule is CN(c1cccc2cc(-c3nccs3)[nH]c12)S(=O)(=O)c1ccsc1CS(=O)(=O)CC(=O)O. The Morgan fingerprint density at radius 2 is 1.94 bits per heavy atom. The molecule has 3 aromatic heterocycles.